The van der Waals surface area contributed by atoms with E-state index >= 15 is 0 Å². The molecule has 28 heavy (non-hydrogen) atoms. The van der Waals surface area contributed by atoms with E-state index in [1.165, 1.54) is 0 Å². The number of carbonyl (C=O) groups is 1. The maximum Gasteiger partial charge on any atom is 0.293 e. The van der Waals surface area contributed by atoms with Gasteiger partial charge in [0.1, 0.15) is 5.75 Å². The quantitative estimate of drug-likeness (QED) is 0.692. The molecule has 2 aromatic carbocycles. The van der Waals surface area contributed by atoms with Gasteiger partial charge in [-0.3, -0.25) is 4.79 Å². The molecule has 6 nitrogen and oxygen atoms in total. The van der Waals surface area contributed by atoms with Crippen molar-refractivity contribution < 1.29 is 9.53 Å². The Bertz CT molecular complexity index is 950. The van der Waals surface area contributed by atoms with Gasteiger partial charge >= 0.3 is 0 Å². The number of aromatic nitrogens is 3. The smallest absolute Gasteiger partial charge is 0.293 e. The topological polar surface area (TPSA) is 60.2 Å². The molecule has 1 aromatic heterocycles. The maximum atomic E-state index is 13.1. The van der Waals surface area contributed by atoms with Crippen molar-refractivity contribution in [3.05, 3.63) is 60.4 Å². The molecule has 1 aliphatic heterocycles. The summed E-state index contributed by atoms with van der Waals surface area (Å²) in [6.45, 7) is 2.85. The zero-order valence-corrected chi connectivity index (χ0v) is 16.2. The first-order chi connectivity index (χ1) is 13.7. The number of piperidine rings is 1. The monoisotopic (exact) mass is 376 g/mol. The summed E-state index contributed by atoms with van der Waals surface area (Å²) >= 11 is 0. The molecule has 6 heteroatoms. The van der Waals surface area contributed by atoms with Crippen molar-refractivity contribution >= 4 is 5.91 Å². The third kappa shape index (κ3) is 3.50. The number of likely N-dealkylation sites (tertiary alicyclic amines) is 1. The van der Waals surface area contributed by atoms with Crippen molar-refractivity contribution in [1.82, 2.24) is 19.7 Å². The van der Waals surface area contributed by atoms with E-state index in [-0.39, 0.29) is 17.8 Å². The highest BCUT2D eigenvalue weighted by Crippen LogP contribution is 2.25. The Hall–Kier alpha value is -3.15. The van der Waals surface area contributed by atoms with Gasteiger partial charge < -0.3 is 9.64 Å². The highest BCUT2D eigenvalue weighted by Gasteiger charge is 2.28. The highest BCUT2D eigenvalue weighted by molar-refractivity contribution is 5.91. The number of ether oxygens (including phenoxy) is 1. The van der Waals surface area contributed by atoms with Gasteiger partial charge in [0.15, 0.2) is 5.82 Å². The molecule has 1 saturated heterocycles. The standard InChI is InChI=1S/C22H24N4O2/c1-16-8-6-7-15-25(16)22(27)20-23-21(17-11-13-19(28-2)14-12-17)26(24-20)18-9-4-3-5-10-18/h3-5,9-14,16H,6-8,15H2,1-2H3/t16-/m0/s1. The lowest BCUT2D eigenvalue weighted by Gasteiger charge is -2.32. The average molecular weight is 376 g/mol. The Morgan fingerprint density at radius 2 is 1.82 bits per heavy atom. The highest BCUT2D eigenvalue weighted by atomic mass is 16.5. The normalized spacial score (nSPS) is 16.8. The fourth-order valence-electron chi connectivity index (χ4n) is 3.61. The number of benzene rings is 2. The summed E-state index contributed by atoms with van der Waals surface area (Å²) in [5.74, 6) is 1.55. The molecular weight excluding hydrogens is 352 g/mol. The summed E-state index contributed by atoms with van der Waals surface area (Å²) in [7, 11) is 1.64. The van der Waals surface area contributed by atoms with E-state index in [1.807, 2.05) is 59.5 Å². The predicted molar refractivity (Wildman–Crippen MR) is 108 cm³/mol. The van der Waals surface area contributed by atoms with Gasteiger partial charge in [-0.2, -0.15) is 0 Å². The van der Waals surface area contributed by atoms with Gasteiger partial charge in [0.05, 0.1) is 12.8 Å². The van der Waals surface area contributed by atoms with Gasteiger partial charge in [0.2, 0.25) is 5.82 Å². The minimum Gasteiger partial charge on any atom is -0.497 e. The molecule has 0 radical (unpaired) electrons. The van der Waals surface area contributed by atoms with Crippen LogP contribution in [0.2, 0.25) is 0 Å². The lowest BCUT2D eigenvalue weighted by atomic mass is 10.0. The molecule has 1 fully saturated rings. The fourth-order valence-corrected chi connectivity index (χ4v) is 3.61. The van der Waals surface area contributed by atoms with Crippen LogP contribution in [0, 0.1) is 0 Å². The van der Waals surface area contributed by atoms with Gasteiger partial charge in [0.25, 0.3) is 5.91 Å². The van der Waals surface area contributed by atoms with Crippen LogP contribution in [0.1, 0.15) is 36.8 Å². The summed E-state index contributed by atoms with van der Waals surface area (Å²) in [6.07, 6.45) is 3.21. The van der Waals surface area contributed by atoms with Crippen LogP contribution in [0.3, 0.4) is 0 Å². The molecule has 2 heterocycles. The Labute approximate surface area is 164 Å². The first kappa shape index (κ1) is 18.2. The van der Waals surface area contributed by atoms with E-state index in [1.54, 1.807) is 11.8 Å². The van der Waals surface area contributed by atoms with E-state index in [9.17, 15) is 4.79 Å². The van der Waals surface area contributed by atoms with Crippen LogP contribution < -0.4 is 4.74 Å². The van der Waals surface area contributed by atoms with Crippen LogP contribution in [-0.4, -0.2) is 45.3 Å². The van der Waals surface area contributed by atoms with Crippen LogP contribution in [0.15, 0.2) is 54.6 Å². The molecular formula is C22H24N4O2. The SMILES string of the molecule is COc1ccc(-c2nc(C(=O)N3CCCC[C@@H]3C)nn2-c2ccccc2)cc1. The van der Waals surface area contributed by atoms with Crippen molar-refractivity contribution in [2.75, 3.05) is 13.7 Å². The molecule has 4 rings (SSSR count). The second kappa shape index (κ2) is 7.84. The number of rotatable bonds is 4. The zero-order chi connectivity index (χ0) is 19.5. The summed E-state index contributed by atoms with van der Waals surface area (Å²) in [5, 5.41) is 4.59. The van der Waals surface area contributed by atoms with Crippen LogP contribution >= 0.6 is 0 Å². The van der Waals surface area contributed by atoms with Gasteiger partial charge in [-0.1, -0.05) is 18.2 Å². The van der Waals surface area contributed by atoms with Crippen LogP contribution in [-0.2, 0) is 0 Å². The molecule has 0 spiro atoms. The fraction of sp³-hybridized carbons (Fsp3) is 0.318. The van der Waals surface area contributed by atoms with Crippen molar-refractivity contribution in [2.24, 2.45) is 0 Å². The zero-order valence-electron chi connectivity index (χ0n) is 16.2. The predicted octanol–water partition coefficient (Wildman–Crippen LogP) is 3.96. The minimum atomic E-state index is -0.100. The molecule has 0 aliphatic carbocycles. The summed E-state index contributed by atoms with van der Waals surface area (Å²) in [5.41, 5.74) is 1.74. The first-order valence-corrected chi connectivity index (χ1v) is 9.65. The van der Waals surface area contributed by atoms with Crippen LogP contribution in [0.4, 0.5) is 0 Å². The number of hydrogen-bond acceptors (Lipinski definition) is 4. The van der Waals surface area contributed by atoms with Crippen molar-refractivity contribution in [2.45, 2.75) is 32.2 Å². The molecule has 0 N–H and O–H groups in total. The van der Waals surface area contributed by atoms with Gasteiger partial charge in [-0.15, -0.1) is 5.10 Å². The molecule has 0 unspecified atom stereocenters. The van der Waals surface area contributed by atoms with Crippen LogP contribution in [0.25, 0.3) is 17.1 Å². The van der Waals surface area contributed by atoms with E-state index in [2.05, 4.69) is 17.0 Å². The number of amides is 1. The Kier molecular flexibility index (Phi) is 5.10. The van der Waals surface area contributed by atoms with Gasteiger partial charge in [-0.05, 0) is 62.6 Å². The summed E-state index contributed by atoms with van der Waals surface area (Å²) in [4.78, 5) is 19.6. The second-order valence-electron chi connectivity index (χ2n) is 7.08. The van der Waals surface area contributed by atoms with E-state index in [0.717, 1.165) is 42.8 Å². The first-order valence-electron chi connectivity index (χ1n) is 9.65. The number of methoxy groups -OCH3 is 1. The Balaban J connectivity index is 1.76. The lowest BCUT2D eigenvalue weighted by Crippen LogP contribution is -2.42. The molecule has 1 amide bonds. The van der Waals surface area contributed by atoms with Crippen molar-refractivity contribution in [3.63, 3.8) is 0 Å². The molecule has 0 saturated carbocycles. The Morgan fingerprint density at radius 1 is 1.07 bits per heavy atom. The third-order valence-electron chi connectivity index (χ3n) is 5.21. The van der Waals surface area contributed by atoms with E-state index in [0.29, 0.717) is 5.82 Å². The molecule has 1 aliphatic rings. The third-order valence-corrected chi connectivity index (χ3v) is 5.21. The number of hydrogen-bond donors (Lipinski definition) is 0. The Morgan fingerprint density at radius 3 is 2.50 bits per heavy atom. The average Bonchev–Trinajstić information content (AvgIpc) is 3.20. The van der Waals surface area contributed by atoms with E-state index in [4.69, 9.17) is 4.74 Å². The van der Waals surface area contributed by atoms with Crippen molar-refractivity contribution in [3.8, 4) is 22.8 Å². The second-order valence-corrected chi connectivity index (χ2v) is 7.08. The van der Waals surface area contributed by atoms with Crippen LogP contribution in [0.5, 0.6) is 5.75 Å². The summed E-state index contributed by atoms with van der Waals surface area (Å²) < 4.78 is 6.99. The minimum absolute atomic E-state index is 0.100. The number of nitrogens with zero attached hydrogens (tertiary/aromatic N) is 4. The largest absolute Gasteiger partial charge is 0.497 e. The molecule has 1 atom stereocenters. The number of carbonyl (C=O) groups excluding carboxylic acids is 1. The number of para-hydroxylation sites is 1. The lowest BCUT2D eigenvalue weighted by molar-refractivity contribution is 0.0623. The van der Waals surface area contributed by atoms with Gasteiger partial charge in [-0.25, -0.2) is 9.67 Å². The van der Waals surface area contributed by atoms with Gasteiger partial charge in [0, 0.05) is 18.2 Å². The molecule has 3 aromatic rings. The van der Waals surface area contributed by atoms with Crippen molar-refractivity contribution in [1.29, 1.82) is 0 Å². The molecule has 0 bridgehead atoms. The summed E-state index contributed by atoms with van der Waals surface area (Å²) in [6, 6.07) is 17.6. The molecule has 144 valence electrons. The maximum absolute atomic E-state index is 13.1. The van der Waals surface area contributed by atoms with E-state index < -0.39 is 0 Å².